The Morgan fingerprint density at radius 3 is 2.64 bits per heavy atom. The molecule has 1 atom stereocenters. The van der Waals surface area contributed by atoms with E-state index in [1.165, 1.54) is 13.3 Å². The van der Waals surface area contributed by atoms with Crippen molar-refractivity contribution in [1.29, 1.82) is 0 Å². The van der Waals surface area contributed by atoms with E-state index in [2.05, 4.69) is 20.9 Å². The predicted octanol–water partition coefficient (Wildman–Crippen LogP) is 3.75. The van der Waals surface area contributed by atoms with Crippen molar-refractivity contribution in [2.45, 2.75) is 26.0 Å². The first kappa shape index (κ1) is 17.0. The molecule has 0 aromatic carbocycles. The Bertz CT molecular complexity index is 683. The van der Waals surface area contributed by atoms with E-state index in [-0.39, 0.29) is 6.04 Å². The number of aromatic nitrogens is 2. The number of carbonyl (C=O) groups is 1. The molecular weight excluding hydrogens is 372 g/mol. The molecule has 7 heteroatoms. The number of nitrogens with zero attached hydrogens (tertiary/aromatic N) is 2. The maximum atomic E-state index is 12.0. The van der Waals surface area contributed by atoms with Crippen molar-refractivity contribution in [2.75, 3.05) is 7.11 Å². The molecule has 0 spiro atoms. The molecule has 2 aromatic heterocycles. The predicted molar refractivity (Wildman–Crippen MR) is 87.2 cm³/mol. The summed E-state index contributed by atoms with van der Waals surface area (Å²) in [7, 11) is 1.31. The second-order valence-electron chi connectivity index (χ2n) is 5.03. The first-order valence-electron chi connectivity index (χ1n) is 6.65. The largest absolute Gasteiger partial charge is 0.465 e. The smallest absolute Gasteiger partial charge is 0.339 e. The third-order valence-electron chi connectivity index (χ3n) is 3.24. The summed E-state index contributed by atoms with van der Waals surface area (Å²) in [5, 5.41) is 11.2. The average molecular weight is 388 g/mol. The molecule has 0 bridgehead atoms. The molecule has 22 heavy (non-hydrogen) atoms. The van der Waals surface area contributed by atoms with Crippen molar-refractivity contribution >= 4 is 33.5 Å². The van der Waals surface area contributed by atoms with Gasteiger partial charge in [-0.3, -0.25) is 4.98 Å². The van der Waals surface area contributed by atoms with Crippen molar-refractivity contribution in [2.24, 2.45) is 0 Å². The van der Waals surface area contributed by atoms with E-state index < -0.39 is 12.1 Å². The monoisotopic (exact) mass is 386 g/mol. The molecule has 0 saturated heterocycles. The Hall–Kier alpha value is -1.37. The van der Waals surface area contributed by atoms with Gasteiger partial charge in [0.05, 0.1) is 33.7 Å². The van der Waals surface area contributed by atoms with Crippen molar-refractivity contribution < 1.29 is 14.6 Å². The minimum atomic E-state index is -1.07. The van der Waals surface area contributed by atoms with Crippen LogP contribution in [0.1, 0.15) is 47.7 Å². The Kier molecular flexibility index (Phi) is 5.26. The maximum Gasteiger partial charge on any atom is 0.339 e. The molecule has 0 fully saturated rings. The van der Waals surface area contributed by atoms with Crippen LogP contribution in [0.4, 0.5) is 0 Å². The molecule has 1 N–H and O–H groups in total. The van der Waals surface area contributed by atoms with E-state index in [0.29, 0.717) is 26.6 Å². The minimum absolute atomic E-state index is 0.0322. The van der Waals surface area contributed by atoms with Gasteiger partial charge in [0, 0.05) is 12.2 Å². The average Bonchev–Trinajstić information content (AvgIpc) is 2.84. The highest BCUT2D eigenvalue weighted by molar-refractivity contribution is 9.10. The number of esters is 1. The number of carbonyl (C=O) groups excluding carboxylic acids is 1. The maximum absolute atomic E-state index is 12.0. The number of hydrogen-bond donors (Lipinski definition) is 1. The number of pyridine rings is 1. The minimum Gasteiger partial charge on any atom is -0.465 e. The summed E-state index contributed by atoms with van der Waals surface area (Å²) in [4.78, 5) is 16.1. The molecule has 0 amide bonds. The van der Waals surface area contributed by atoms with Crippen LogP contribution >= 0.6 is 27.5 Å². The summed E-state index contributed by atoms with van der Waals surface area (Å²) in [5.41, 5.74) is 1.14. The fourth-order valence-electron chi connectivity index (χ4n) is 2.27. The molecule has 2 aromatic rings. The standard InChI is InChI=1S/C15H16BrClN2O3/c1-8(2)19-12(16)6-10(15(21)22-3)13(19)14(20)11-5-4-9(17)7-18-11/h4-8,14,20H,1-3H3. The zero-order valence-electron chi connectivity index (χ0n) is 12.4. The fourth-order valence-corrected chi connectivity index (χ4v) is 3.22. The van der Waals surface area contributed by atoms with Crippen LogP contribution in [0.5, 0.6) is 0 Å². The Labute approximate surface area is 142 Å². The normalized spacial score (nSPS) is 12.5. The van der Waals surface area contributed by atoms with Crippen LogP contribution in [0.3, 0.4) is 0 Å². The van der Waals surface area contributed by atoms with E-state index >= 15 is 0 Å². The number of aliphatic hydroxyl groups is 1. The van der Waals surface area contributed by atoms with Crippen molar-refractivity contribution in [3.8, 4) is 0 Å². The van der Waals surface area contributed by atoms with E-state index in [1.807, 2.05) is 18.4 Å². The third-order valence-corrected chi connectivity index (χ3v) is 4.07. The molecule has 118 valence electrons. The Morgan fingerprint density at radius 2 is 2.14 bits per heavy atom. The SMILES string of the molecule is COC(=O)c1cc(Br)n(C(C)C)c1C(O)c1ccc(Cl)cn1. The summed E-state index contributed by atoms with van der Waals surface area (Å²) in [6, 6.07) is 4.94. The number of ether oxygens (including phenoxy) is 1. The van der Waals surface area contributed by atoms with Crippen LogP contribution in [-0.4, -0.2) is 27.7 Å². The Morgan fingerprint density at radius 1 is 1.45 bits per heavy atom. The second-order valence-corrected chi connectivity index (χ2v) is 6.27. The van der Waals surface area contributed by atoms with E-state index in [0.717, 1.165) is 0 Å². The van der Waals surface area contributed by atoms with Crippen molar-refractivity contribution in [3.63, 3.8) is 0 Å². The summed E-state index contributed by atoms with van der Waals surface area (Å²) >= 11 is 9.24. The van der Waals surface area contributed by atoms with E-state index in [4.69, 9.17) is 16.3 Å². The van der Waals surface area contributed by atoms with Gasteiger partial charge in [-0.25, -0.2) is 4.79 Å². The van der Waals surface area contributed by atoms with Crippen LogP contribution in [0.15, 0.2) is 29.0 Å². The molecule has 0 aliphatic carbocycles. The van der Waals surface area contributed by atoms with Gasteiger partial charge in [0.25, 0.3) is 0 Å². The zero-order valence-corrected chi connectivity index (χ0v) is 14.7. The molecule has 2 heterocycles. The van der Waals surface area contributed by atoms with E-state index in [1.54, 1.807) is 18.2 Å². The highest BCUT2D eigenvalue weighted by atomic mass is 79.9. The zero-order chi connectivity index (χ0) is 16.4. The summed E-state index contributed by atoms with van der Waals surface area (Å²) in [6.45, 7) is 3.91. The van der Waals surface area contributed by atoms with Gasteiger partial charge in [-0.15, -0.1) is 0 Å². The van der Waals surface area contributed by atoms with Crippen molar-refractivity contribution in [3.05, 3.63) is 51.0 Å². The van der Waals surface area contributed by atoms with Gasteiger partial charge >= 0.3 is 5.97 Å². The van der Waals surface area contributed by atoms with Crippen LogP contribution in [0, 0.1) is 0 Å². The molecule has 0 aliphatic heterocycles. The van der Waals surface area contributed by atoms with Gasteiger partial charge in [-0.05, 0) is 48.0 Å². The molecule has 5 nitrogen and oxygen atoms in total. The lowest BCUT2D eigenvalue weighted by molar-refractivity contribution is 0.0594. The van der Waals surface area contributed by atoms with Crippen LogP contribution < -0.4 is 0 Å². The van der Waals surface area contributed by atoms with Gasteiger partial charge in [-0.2, -0.15) is 0 Å². The lowest BCUT2D eigenvalue weighted by Gasteiger charge is -2.19. The van der Waals surface area contributed by atoms with Crippen LogP contribution in [0.2, 0.25) is 5.02 Å². The number of aliphatic hydroxyl groups excluding tert-OH is 1. The molecule has 0 aliphatic rings. The van der Waals surface area contributed by atoms with Gasteiger partial charge in [0.2, 0.25) is 0 Å². The highest BCUT2D eigenvalue weighted by Gasteiger charge is 2.28. The van der Waals surface area contributed by atoms with Gasteiger partial charge in [0.15, 0.2) is 0 Å². The quantitative estimate of drug-likeness (QED) is 0.812. The van der Waals surface area contributed by atoms with E-state index in [9.17, 15) is 9.90 Å². The Balaban J connectivity index is 2.60. The lowest BCUT2D eigenvalue weighted by atomic mass is 10.1. The number of rotatable bonds is 4. The van der Waals surface area contributed by atoms with Crippen LogP contribution in [0.25, 0.3) is 0 Å². The highest BCUT2D eigenvalue weighted by Crippen LogP contribution is 2.33. The third kappa shape index (κ3) is 3.19. The summed E-state index contributed by atoms with van der Waals surface area (Å²) < 4.78 is 7.32. The fraction of sp³-hybridized carbons (Fsp3) is 0.333. The number of hydrogen-bond acceptors (Lipinski definition) is 4. The number of halogens is 2. The van der Waals surface area contributed by atoms with Crippen LogP contribution in [-0.2, 0) is 4.74 Å². The van der Waals surface area contributed by atoms with Gasteiger partial charge in [0.1, 0.15) is 6.10 Å². The second kappa shape index (κ2) is 6.81. The molecule has 1 unspecified atom stereocenters. The lowest BCUT2D eigenvalue weighted by Crippen LogP contribution is -2.16. The molecular formula is C15H16BrClN2O3. The topological polar surface area (TPSA) is 64.3 Å². The molecule has 0 radical (unpaired) electrons. The first-order valence-corrected chi connectivity index (χ1v) is 7.82. The van der Waals surface area contributed by atoms with Gasteiger partial charge in [-0.1, -0.05) is 11.6 Å². The summed E-state index contributed by atoms with van der Waals surface area (Å²) in [5.74, 6) is -0.511. The molecule has 0 saturated carbocycles. The number of methoxy groups -OCH3 is 1. The van der Waals surface area contributed by atoms with Crippen molar-refractivity contribution in [1.82, 2.24) is 9.55 Å². The van der Waals surface area contributed by atoms with Gasteiger partial charge < -0.3 is 14.4 Å². The molecule has 2 rings (SSSR count). The first-order chi connectivity index (χ1) is 10.4. The summed E-state index contributed by atoms with van der Waals surface area (Å²) in [6.07, 6.45) is 0.385.